The first kappa shape index (κ1) is 14.9. The first-order valence-corrected chi connectivity index (χ1v) is 7.43. The Balaban J connectivity index is 1.88. The molecule has 0 radical (unpaired) electrons. The lowest BCUT2D eigenvalue weighted by molar-refractivity contribution is 0.191. The summed E-state index contributed by atoms with van der Waals surface area (Å²) in [5.74, 6) is 0.961. The van der Waals surface area contributed by atoms with E-state index >= 15 is 0 Å². The quantitative estimate of drug-likeness (QED) is 0.643. The lowest BCUT2D eigenvalue weighted by Gasteiger charge is -2.13. The van der Waals surface area contributed by atoms with Crippen LogP contribution in [-0.4, -0.2) is 17.5 Å². The third-order valence-electron chi connectivity index (χ3n) is 2.77. The molecule has 106 valence electrons. The molecule has 0 spiro atoms. The summed E-state index contributed by atoms with van der Waals surface area (Å²) >= 11 is 1.70. The molecule has 0 saturated carbocycles. The van der Waals surface area contributed by atoms with Crippen molar-refractivity contribution in [2.75, 3.05) is 12.4 Å². The molecular formula is C16H17FO2S. The van der Waals surface area contributed by atoms with E-state index in [9.17, 15) is 9.50 Å². The van der Waals surface area contributed by atoms with Crippen LogP contribution >= 0.6 is 11.8 Å². The molecule has 0 heterocycles. The third kappa shape index (κ3) is 4.25. The molecule has 0 saturated heterocycles. The number of benzene rings is 2. The molecule has 4 heteroatoms. The number of halogens is 1. The number of ether oxygens (including phenoxy) is 1. The second kappa shape index (κ2) is 7.31. The van der Waals surface area contributed by atoms with Crippen molar-refractivity contribution >= 4 is 11.8 Å². The van der Waals surface area contributed by atoms with E-state index in [4.69, 9.17) is 4.74 Å². The lowest BCUT2D eigenvalue weighted by Crippen LogP contribution is -2.04. The second-order valence-electron chi connectivity index (χ2n) is 4.37. The Morgan fingerprint density at radius 1 is 1.20 bits per heavy atom. The van der Waals surface area contributed by atoms with Crippen LogP contribution in [0.4, 0.5) is 4.39 Å². The number of hydrogen-bond donors (Lipinski definition) is 1. The molecule has 20 heavy (non-hydrogen) atoms. The van der Waals surface area contributed by atoms with Crippen molar-refractivity contribution < 1.29 is 14.2 Å². The minimum atomic E-state index is -0.748. The third-order valence-corrected chi connectivity index (χ3v) is 3.75. The molecule has 0 bridgehead atoms. The van der Waals surface area contributed by atoms with Crippen LogP contribution < -0.4 is 4.74 Å². The second-order valence-corrected chi connectivity index (χ2v) is 5.54. The van der Waals surface area contributed by atoms with Gasteiger partial charge in [-0.1, -0.05) is 18.2 Å². The Labute approximate surface area is 122 Å². The molecule has 0 aromatic heterocycles. The van der Waals surface area contributed by atoms with Gasteiger partial charge in [0.1, 0.15) is 11.6 Å². The van der Waals surface area contributed by atoms with E-state index in [1.807, 2.05) is 30.3 Å². The summed E-state index contributed by atoms with van der Waals surface area (Å²) in [6, 6.07) is 14.3. The van der Waals surface area contributed by atoms with Crippen LogP contribution in [0.15, 0.2) is 53.4 Å². The van der Waals surface area contributed by atoms with Gasteiger partial charge in [-0.15, -0.1) is 11.8 Å². The van der Waals surface area contributed by atoms with Gasteiger partial charge in [0, 0.05) is 16.2 Å². The standard InChI is InChI=1S/C16H17FO2S/c1-12(18)15-11-13(17)7-8-16(15)19-9-10-20-14-5-3-2-4-6-14/h2-8,11-12,18H,9-10H2,1H3/t12-/m1/s1. The van der Waals surface area contributed by atoms with E-state index in [1.54, 1.807) is 24.8 Å². The molecule has 1 atom stereocenters. The Bertz CT molecular complexity index is 543. The summed E-state index contributed by atoms with van der Waals surface area (Å²) < 4.78 is 18.8. The summed E-state index contributed by atoms with van der Waals surface area (Å²) in [5, 5.41) is 9.61. The van der Waals surface area contributed by atoms with Crippen molar-refractivity contribution in [3.8, 4) is 5.75 Å². The van der Waals surface area contributed by atoms with Gasteiger partial charge < -0.3 is 9.84 Å². The summed E-state index contributed by atoms with van der Waals surface area (Å²) in [7, 11) is 0. The van der Waals surface area contributed by atoms with E-state index in [1.165, 1.54) is 17.0 Å². The fraction of sp³-hybridized carbons (Fsp3) is 0.250. The molecule has 0 unspecified atom stereocenters. The smallest absolute Gasteiger partial charge is 0.125 e. The SMILES string of the molecule is C[C@@H](O)c1cc(F)ccc1OCCSc1ccccc1. The van der Waals surface area contributed by atoms with Crippen LogP contribution in [0.5, 0.6) is 5.75 Å². The van der Waals surface area contributed by atoms with Crippen molar-refractivity contribution in [3.63, 3.8) is 0 Å². The molecule has 0 aliphatic rings. The predicted molar refractivity (Wildman–Crippen MR) is 79.7 cm³/mol. The van der Waals surface area contributed by atoms with Crippen LogP contribution in [0, 0.1) is 5.82 Å². The lowest BCUT2D eigenvalue weighted by atomic mass is 10.1. The molecule has 0 fully saturated rings. The fourth-order valence-electron chi connectivity index (χ4n) is 1.81. The van der Waals surface area contributed by atoms with E-state index in [0.29, 0.717) is 17.9 Å². The van der Waals surface area contributed by atoms with Crippen molar-refractivity contribution in [3.05, 3.63) is 59.9 Å². The Morgan fingerprint density at radius 3 is 2.65 bits per heavy atom. The number of thioether (sulfide) groups is 1. The van der Waals surface area contributed by atoms with Gasteiger partial charge in [0.25, 0.3) is 0 Å². The van der Waals surface area contributed by atoms with Crippen LogP contribution in [0.2, 0.25) is 0 Å². The van der Waals surface area contributed by atoms with Crippen LogP contribution in [-0.2, 0) is 0 Å². The molecule has 0 aliphatic carbocycles. The highest BCUT2D eigenvalue weighted by Crippen LogP contribution is 2.26. The monoisotopic (exact) mass is 292 g/mol. The molecular weight excluding hydrogens is 275 g/mol. The zero-order chi connectivity index (χ0) is 14.4. The highest BCUT2D eigenvalue weighted by atomic mass is 32.2. The van der Waals surface area contributed by atoms with Crippen LogP contribution in [0.25, 0.3) is 0 Å². The zero-order valence-corrected chi connectivity index (χ0v) is 12.1. The average Bonchev–Trinajstić information content (AvgIpc) is 2.45. The topological polar surface area (TPSA) is 29.5 Å². The molecule has 0 aliphatic heterocycles. The first-order chi connectivity index (χ1) is 9.66. The summed E-state index contributed by atoms with van der Waals surface area (Å²) in [4.78, 5) is 1.19. The van der Waals surface area contributed by atoms with Gasteiger partial charge in [0.15, 0.2) is 0 Å². The number of hydrogen-bond acceptors (Lipinski definition) is 3. The maximum absolute atomic E-state index is 13.1. The maximum Gasteiger partial charge on any atom is 0.125 e. The summed E-state index contributed by atoms with van der Waals surface area (Å²) in [6.07, 6.45) is -0.748. The van der Waals surface area contributed by atoms with Crippen molar-refractivity contribution in [2.45, 2.75) is 17.9 Å². The van der Waals surface area contributed by atoms with Gasteiger partial charge in [-0.3, -0.25) is 0 Å². The van der Waals surface area contributed by atoms with Crippen molar-refractivity contribution in [2.24, 2.45) is 0 Å². The number of rotatable bonds is 6. The van der Waals surface area contributed by atoms with Gasteiger partial charge in [0.2, 0.25) is 0 Å². The Hall–Kier alpha value is -1.52. The molecule has 2 rings (SSSR count). The van der Waals surface area contributed by atoms with E-state index < -0.39 is 6.10 Å². The van der Waals surface area contributed by atoms with Gasteiger partial charge in [0.05, 0.1) is 12.7 Å². The average molecular weight is 292 g/mol. The minimum absolute atomic E-state index is 0.369. The Kier molecular flexibility index (Phi) is 5.44. The molecule has 2 aromatic rings. The predicted octanol–water partition coefficient (Wildman–Crippen LogP) is 4.05. The van der Waals surface area contributed by atoms with Gasteiger partial charge in [-0.2, -0.15) is 0 Å². The Morgan fingerprint density at radius 2 is 1.95 bits per heavy atom. The maximum atomic E-state index is 13.1. The summed E-state index contributed by atoms with van der Waals surface area (Å²) in [5.41, 5.74) is 0.481. The zero-order valence-electron chi connectivity index (χ0n) is 11.3. The molecule has 1 N–H and O–H groups in total. The number of aliphatic hydroxyl groups excluding tert-OH is 1. The van der Waals surface area contributed by atoms with E-state index in [2.05, 4.69) is 0 Å². The normalized spacial score (nSPS) is 12.2. The van der Waals surface area contributed by atoms with E-state index in [0.717, 1.165) is 5.75 Å². The molecule has 2 aromatic carbocycles. The largest absolute Gasteiger partial charge is 0.492 e. The van der Waals surface area contributed by atoms with Crippen LogP contribution in [0.1, 0.15) is 18.6 Å². The van der Waals surface area contributed by atoms with Crippen LogP contribution in [0.3, 0.4) is 0 Å². The first-order valence-electron chi connectivity index (χ1n) is 6.45. The van der Waals surface area contributed by atoms with Gasteiger partial charge in [-0.25, -0.2) is 4.39 Å². The fourth-order valence-corrected chi connectivity index (χ4v) is 2.56. The highest BCUT2D eigenvalue weighted by molar-refractivity contribution is 7.99. The molecule has 0 amide bonds. The van der Waals surface area contributed by atoms with Gasteiger partial charge >= 0.3 is 0 Å². The van der Waals surface area contributed by atoms with Crippen molar-refractivity contribution in [1.29, 1.82) is 0 Å². The number of aliphatic hydroxyl groups is 1. The van der Waals surface area contributed by atoms with Crippen molar-refractivity contribution in [1.82, 2.24) is 0 Å². The summed E-state index contributed by atoms with van der Waals surface area (Å²) in [6.45, 7) is 2.10. The molecule has 2 nitrogen and oxygen atoms in total. The minimum Gasteiger partial charge on any atom is -0.492 e. The highest BCUT2D eigenvalue weighted by Gasteiger charge is 2.10. The van der Waals surface area contributed by atoms with E-state index in [-0.39, 0.29) is 5.82 Å². The van der Waals surface area contributed by atoms with Gasteiger partial charge in [-0.05, 0) is 37.3 Å².